The average Bonchev–Trinajstić information content (AvgIpc) is 2.69. The minimum Gasteiger partial charge on any atom is -0.340 e. The number of hydrogen-bond donors (Lipinski definition) is 1. The topological polar surface area (TPSA) is 41.6 Å². The molecule has 0 fully saturated rings. The molecule has 0 aromatic carbocycles. The van der Waals surface area contributed by atoms with Gasteiger partial charge in [0, 0.05) is 24.3 Å². The lowest BCUT2D eigenvalue weighted by molar-refractivity contribution is 1.06. The molecule has 1 N–H and O–H groups in total. The van der Waals surface area contributed by atoms with E-state index in [1.165, 1.54) is 0 Å². The fourth-order valence-corrected chi connectivity index (χ4v) is 2.08. The maximum absolute atomic E-state index is 5.91. The summed E-state index contributed by atoms with van der Waals surface area (Å²) in [5.41, 5.74) is 1.02. The zero-order valence-corrected chi connectivity index (χ0v) is 8.85. The Labute approximate surface area is 90.9 Å². The summed E-state index contributed by atoms with van der Waals surface area (Å²) in [4.78, 5) is 11.1. The lowest BCUT2D eigenvalue weighted by Crippen LogP contribution is -1.85. The van der Waals surface area contributed by atoms with E-state index < -0.39 is 0 Å². The van der Waals surface area contributed by atoms with Gasteiger partial charge in [-0.05, 0) is 11.6 Å². The minimum atomic E-state index is 0.562. The molecule has 2 rings (SSSR count). The molecule has 14 heavy (non-hydrogen) atoms. The van der Waals surface area contributed by atoms with Crippen molar-refractivity contribution in [3.63, 3.8) is 0 Å². The van der Waals surface area contributed by atoms with Crippen molar-refractivity contribution in [2.45, 2.75) is 10.9 Å². The van der Waals surface area contributed by atoms with E-state index in [1.807, 2.05) is 12.1 Å². The van der Waals surface area contributed by atoms with Crippen LogP contribution in [0.5, 0.6) is 0 Å². The van der Waals surface area contributed by atoms with E-state index in [0.717, 1.165) is 16.5 Å². The molecule has 2 aromatic heterocycles. The highest BCUT2D eigenvalue weighted by Gasteiger charge is 2.02. The highest BCUT2D eigenvalue weighted by molar-refractivity contribution is 7.98. The van der Waals surface area contributed by atoms with E-state index >= 15 is 0 Å². The first-order valence-electron chi connectivity index (χ1n) is 4.08. The highest BCUT2D eigenvalue weighted by Crippen LogP contribution is 2.22. The summed E-state index contributed by atoms with van der Waals surface area (Å²) in [6.07, 6.45) is 5.21. The van der Waals surface area contributed by atoms with Crippen LogP contribution in [0.1, 0.15) is 5.56 Å². The number of nitrogens with zero attached hydrogens (tertiary/aromatic N) is 2. The monoisotopic (exact) mass is 225 g/mol. The summed E-state index contributed by atoms with van der Waals surface area (Å²) in [6, 6.07) is 3.84. The van der Waals surface area contributed by atoms with Gasteiger partial charge in [-0.15, -0.1) is 0 Å². The number of thioether (sulfide) groups is 1. The molecular weight excluding hydrogens is 218 g/mol. The second-order valence-corrected chi connectivity index (χ2v) is 3.96. The Morgan fingerprint density at radius 2 is 2.29 bits per heavy atom. The second-order valence-electron chi connectivity index (χ2n) is 2.64. The molecular formula is C9H8ClN3S. The molecule has 0 atom stereocenters. The Hall–Kier alpha value is -1.00. The maximum Gasteiger partial charge on any atom is 0.165 e. The second kappa shape index (κ2) is 4.48. The van der Waals surface area contributed by atoms with Gasteiger partial charge in [-0.25, -0.2) is 9.97 Å². The van der Waals surface area contributed by atoms with E-state index in [-0.39, 0.29) is 0 Å². The zero-order valence-electron chi connectivity index (χ0n) is 7.27. The molecule has 0 bridgehead atoms. The minimum absolute atomic E-state index is 0.562. The Morgan fingerprint density at radius 3 is 3.00 bits per heavy atom. The van der Waals surface area contributed by atoms with Gasteiger partial charge < -0.3 is 4.98 Å². The van der Waals surface area contributed by atoms with Gasteiger partial charge in [-0.1, -0.05) is 29.4 Å². The molecule has 0 aliphatic carbocycles. The fraction of sp³-hybridized carbons (Fsp3) is 0.111. The predicted octanol–water partition coefficient (Wildman–Crippen LogP) is 2.75. The van der Waals surface area contributed by atoms with Crippen LogP contribution in [0.15, 0.2) is 35.9 Å². The van der Waals surface area contributed by atoms with E-state index in [4.69, 9.17) is 11.6 Å². The predicted molar refractivity (Wildman–Crippen MR) is 57.4 cm³/mol. The number of H-pyrrole nitrogens is 1. The van der Waals surface area contributed by atoms with Crippen LogP contribution in [0.2, 0.25) is 5.15 Å². The van der Waals surface area contributed by atoms with Gasteiger partial charge >= 0.3 is 0 Å². The smallest absolute Gasteiger partial charge is 0.165 e. The van der Waals surface area contributed by atoms with E-state index in [9.17, 15) is 0 Å². The molecule has 5 heteroatoms. The van der Waals surface area contributed by atoms with Crippen molar-refractivity contribution in [1.29, 1.82) is 0 Å². The number of aromatic nitrogens is 3. The Kier molecular flexibility index (Phi) is 3.06. The highest BCUT2D eigenvalue weighted by atomic mass is 35.5. The molecule has 0 unspecified atom stereocenters. The Morgan fingerprint density at radius 1 is 1.36 bits per heavy atom. The number of hydrogen-bond acceptors (Lipinski definition) is 3. The van der Waals surface area contributed by atoms with Crippen molar-refractivity contribution >= 4 is 23.4 Å². The largest absolute Gasteiger partial charge is 0.340 e. The van der Waals surface area contributed by atoms with Crippen molar-refractivity contribution in [2.75, 3.05) is 0 Å². The standard InChI is InChI=1S/C9H8ClN3S/c10-8-7(2-1-3-11-8)6-14-9-12-4-5-13-9/h1-5H,6H2,(H,12,13). The zero-order chi connectivity index (χ0) is 9.80. The van der Waals surface area contributed by atoms with Gasteiger partial charge in [0.05, 0.1) is 0 Å². The third-order valence-corrected chi connectivity index (χ3v) is 2.97. The van der Waals surface area contributed by atoms with Gasteiger partial charge in [0.15, 0.2) is 5.16 Å². The van der Waals surface area contributed by atoms with Crippen LogP contribution in [0, 0.1) is 0 Å². The summed E-state index contributed by atoms with van der Waals surface area (Å²) in [7, 11) is 0. The van der Waals surface area contributed by atoms with Crippen molar-refractivity contribution in [2.24, 2.45) is 0 Å². The van der Waals surface area contributed by atoms with Crippen LogP contribution < -0.4 is 0 Å². The molecule has 0 amide bonds. The molecule has 0 saturated heterocycles. The number of aromatic amines is 1. The molecule has 2 aromatic rings. The molecule has 0 radical (unpaired) electrons. The lowest BCUT2D eigenvalue weighted by Gasteiger charge is -2.00. The number of pyridine rings is 1. The first-order chi connectivity index (χ1) is 6.86. The number of nitrogens with one attached hydrogen (secondary N) is 1. The number of imidazole rings is 1. The van der Waals surface area contributed by atoms with Gasteiger partial charge in [-0.2, -0.15) is 0 Å². The summed E-state index contributed by atoms with van der Waals surface area (Å²) in [5, 5.41) is 1.46. The van der Waals surface area contributed by atoms with E-state index in [2.05, 4.69) is 15.0 Å². The molecule has 0 aliphatic heterocycles. The number of rotatable bonds is 3. The SMILES string of the molecule is Clc1ncccc1CSc1ncc[nH]1. The van der Waals surface area contributed by atoms with Gasteiger partial charge in [0.2, 0.25) is 0 Å². The summed E-state index contributed by atoms with van der Waals surface area (Å²) >= 11 is 7.51. The average molecular weight is 226 g/mol. The molecule has 0 aliphatic rings. The normalized spacial score (nSPS) is 10.4. The summed E-state index contributed by atoms with van der Waals surface area (Å²) in [5.74, 6) is 0.778. The van der Waals surface area contributed by atoms with Crippen molar-refractivity contribution in [1.82, 2.24) is 15.0 Å². The third-order valence-electron chi connectivity index (χ3n) is 1.67. The van der Waals surface area contributed by atoms with Gasteiger partial charge in [0.1, 0.15) is 5.15 Å². The lowest BCUT2D eigenvalue weighted by atomic mass is 10.3. The number of halogens is 1. The molecule has 72 valence electrons. The molecule has 0 spiro atoms. The third kappa shape index (κ3) is 2.27. The Bertz CT molecular complexity index is 402. The van der Waals surface area contributed by atoms with Crippen molar-refractivity contribution in [3.05, 3.63) is 41.4 Å². The van der Waals surface area contributed by atoms with Crippen molar-refractivity contribution in [3.8, 4) is 0 Å². The molecule has 0 saturated carbocycles. The first kappa shape index (κ1) is 9.55. The summed E-state index contributed by atoms with van der Waals surface area (Å²) in [6.45, 7) is 0. The summed E-state index contributed by atoms with van der Waals surface area (Å²) < 4.78 is 0. The first-order valence-corrected chi connectivity index (χ1v) is 5.44. The van der Waals surface area contributed by atoms with Crippen LogP contribution in [0.25, 0.3) is 0 Å². The Balaban J connectivity index is 2.02. The fourth-order valence-electron chi connectivity index (χ4n) is 1.00. The van der Waals surface area contributed by atoms with Crippen LogP contribution in [0.4, 0.5) is 0 Å². The van der Waals surface area contributed by atoms with Crippen LogP contribution in [-0.2, 0) is 5.75 Å². The van der Waals surface area contributed by atoms with E-state index in [0.29, 0.717) is 5.15 Å². The quantitative estimate of drug-likeness (QED) is 0.645. The molecule has 3 nitrogen and oxygen atoms in total. The maximum atomic E-state index is 5.91. The van der Waals surface area contributed by atoms with Gasteiger partial charge in [0.25, 0.3) is 0 Å². The van der Waals surface area contributed by atoms with E-state index in [1.54, 1.807) is 30.4 Å². The van der Waals surface area contributed by atoms with Crippen LogP contribution >= 0.6 is 23.4 Å². The molecule has 2 heterocycles. The van der Waals surface area contributed by atoms with Gasteiger partial charge in [-0.3, -0.25) is 0 Å². The van der Waals surface area contributed by atoms with Crippen LogP contribution in [0.3, 0.4) is 0 Å². The van der Waals surface area contributed by atoms with Crippen LogP contribution in [-0.4, -0.2) is 15.0 Å². The van der Waals surface area contributed by atoms with Crippen molar-refractivity contribution < 1.29 is 0 Å².